The molecule has 7 heteroatoms. The molecule has 0 spiro atoms. The summed E-state index contributed by atoms with van der Waals surface area (Å²) in [4.78, 5) is 32.2. The summed E-state index contributed by atoms with van der Waals surface area (Å²) in [7, 11) is 2.07. The van der Waals surface area contributed by atoms with Crippen LogP contribution in [0.25, 0.3) is 10.9 Å². The van der Waals surface area contributed by atoms with Crippen LogP contribution in [0, 0.1) is 5.92 Å². The maximum atomic E-state index is 13.9. The number of hydrogen-bond donors (Lipinski definition) is 0. The van der Waals surface area contributed by atoms with E-state index in [-0.39, 0.29) is 12.5 Å². The highest BCUT2D eigenvalue weighted by Crippen LogP contribution is 2.26. The van der Waals surface area contributed by atoms with Gasteiger partial charge in [0.05, 0.1) is 29.9 Å². The normalized spacial score (nSPS) is 15.7. The summed E-state index contributed by atoms with van der Waals surface area (Å²) in [5.41, 5.74) is 3.94. The highest BCUT2D eigenvalue weighted by Gasteiger charge is 2.24. The predicted octanol–water partition coefficient (Wildman–Crippen LogP) is 5.57. The van der Waals surface area contributed by atoms with Gasteiger partial charge in [0.25, 0.3) is 5.91 Å². The fourth-order valence-corrected chi connectivity index (χ4v) is 4.82. The minimum absolute atomic E-state index is 0.110. The summed E-state index contributed by atoms with van der Waals surface area (Å²) in [6.45, 7) is 12.6. The Kier molecular flexibility index (Phi) is 8.66. The summed E-state index contributed by atoms with van der Waals surface area (Å²) in [5.74, 6) is 1.83. The van der Waals surface area contributed by atoms with Gasteiger partial charge < -0.3 is 14.5 Å². The van der Waals surface area contributed by atoms with E-state index in [0.717, 1.165) is 72.7 Å². The number of aromatic nitrogens is 3. The van der Waals surface area contributed by atoms with Crippen molar-refractivity contribution in [2.24, 2.45) is 5.92 Å². The van der Waals surface area contributed by atoms with Crippen LogP contribution in [-0.4, -0.2) is 52.6 Å². The minimum Gasteiger partial charge on any atom is -0.381 e. The molecular formula is C30H37N5O2. The van der Waals surface area contributed by atoms with Crippen LogP contribution in [0.5, 0.6) is 0 Å². The van der Waals surface area contributed by atoms with Gasteiger partial charge in [-0.05, 0) is 57.0 Å². The number of ether oxygens (including phenoxy) is 1. The molecule has 1 unspecified atom stereocenters. The van der Waals surface area contributed by atoms with Crippen molar-refractivity contribution in [2.45, 2.75) is 46.6 Å². The summed E-state index contributed by atoms with van der Waals surface area (Å²) < 4.78 is 5.59. The Morgan fingerprint density at radius 1 is 1.19 bits per heavy atom. The van der Waals surface area contributed by atoms with Gasteiger partial charge in [0, 0.05) is 43.4 Å². The van der Waals surface area contributed by atoms with E-state index in [9.17, 15) is 4.79 Å². The number of benzene rings is 1. The van der Waals surface area contributed by atoms with Gasteiger partial charge in [-0.1, -0.05) is 37.6 Å². The van der Waals surface area contributed by atoms with Crippen molar-refractivity contribution in [3.63, 3.8) is 0 Å². The fourth-order valence-electron chi connectivity index (χ4n) is 4.82. The molecule has 0 N–H and O–H groups in total. The molecule has 3 heterocycles. The fraction of sp³-hybridized carbons (Fsp3) is 0.400. The number of fused-ring (bicyclic) bond motifs is 1. The average molecular weight is 500 g/mol. The lowest BCUT2D eigenvalue weighted by atomic mass is 10.1. The minimum atomic E-state index is -0.110. The molecule has 37 heavy (non-hydrogen) atoms. The van der Waals surface area contributed by atoms with Crippen LogP contribution in [0.4, 0.5) is 5.82 Å². The lowest BCUT2D eigenvalue weighted by Gasteiger charge is -2.26. The van der Waals surface area contributed by atoms with Gasteiger partial charge in [-0.15, -0.1) is 0 Å². The van der Waals surface area contributed by atoms with Gasteiger partial charge in [-0.3, -0.25) is 9.78 Å². The van der Waals surface area contributed by atoms with Gasteiger partial charge in [0.15, 0.2) is 5.82 Å². The molecule has 1 saturated heterocycles. The molecule has 1 aromatic carbocycles. The topological polar surface area (TPSA) is 71.5 Å². The third-order valence-corrected chi connectivity index (χ3v) is 6.58. The zero-order valence-electron chi connectivity index (χ0n) is 22.4. The zero-order valence-corrected chi connectivity index (χ0v) is 22.4. The third kappa shape index (κ3) is 6.41. The number of carbonyl (C=O) groups excluding carboxylic acids is 1. The summed E-state index contributed by atoms with van der Waals surface area (Å²) in [5, 5.41) is 0.997. The number of carbonyl (C=O) groups is 1. The molecule has 4 rings (SSSR count). The molecule has 1 amide bonds. The molecule has 1 atom stereocenters. The van der Waals surface area contributed by atoms with Gasteiger partial charge in [0.1, 0.15) is 5.82 Å². The Balaban J connectivity index is 1.73. The van der Waals surface area contributed by atoms with Gasteiger partial charge in [-0.25, -0.2) is 9.97 Å². The number of hydrogen-bond acceptors (Lipinski definition) is 6. The third-order valence-electron chi connectivity index (χ3n) is 6.58. The number of amides is 1. The van der Waals surface area contributed by atoms with Crippen molar-refractivity contribution in [1.29, 1.82) is 0 Å². The lowest BCUT2D eigenvalue weighted by Crippen LogP contribution is -2.32. The molecule has 0 bridgehead atoms. The predicted molar refractivity (Wildman–Crippen MR) is 148 cm³/mol. The first-order chi connectivity index (χ1) is 17.9. The van der Waals surface area contributed by atoms with Crippen LogP contribution < -0.4 is 4.90 Å². The Morgan fingerprint density at radius 2 is 2.00 bits per heavy atom. The first-order valence-electron chi connectivity index (χ1n) is 13.0. The number of aryl methyl sites for hydroxylation is 1. The summed E-state index contributed by atoms with van der Waals surface area (Å²) in [6, 6.07) is 11.7. The molecular weight excluding hydrogens is 462 g/mol. The van der Waals surface area contributed by atoms with Gasteiger partial charge in [0.2, 0.25) is 0 Å². The Morgan fingerprint density at radius 3 is 2.73 bits per heavy atom. The smallest absolute Gasteiger partial charge is 0.260 e. The quantitative estimate of drug-likeness (QED) is 0.340. The molecule has 3 aromatic rings. The highest BCUT2D eigenvalue weighted by molar-refractivity contribution is 5.96. The molecule has 2 aromatic heterocycles. The van der Waals surface area contributed by atoms with Crippen molar-refractivity contribution < 1.29 is 9.53 Å². The van der Waals surface area contributed by atoms with E-state index in [0.29, 0.717) is 17.3 Å². The molecule has 1 aliphatic heterocycles. The van der Waals surface area contributed by atoms with E-state index in [1.54, 1.807) is 11.1 Å². The van der Waals surface area contributed by atoms with Gasteiger partial charge in [-0.2, -0.15) is 0 Å². The van der Waals surface area contributed by atoms with Crippen LogP contribution in [0.3, 0.4) is 0 Å². The number of allylic oxidation sites excluding steroid dienone is 3. The van der Waals surface area contributed by atoms with Crippen LogP contribution >= 0.6 is 0 Å². The number of para-hydroxylation sites is 1. The Labute approximate surface area is 219 Å². The zero-order chi connectivity index (χ0) is 26.4. The second-order valence-corrected chi connectivity index (χ2v) is 9.86. The van der Waals surface area contributed by atoms with Crippen molar-refractivity contribution in [3.05, 3.63) is 83.6 Å². The first-order valence-corrected chi connectivity index (χ1v) is 13.0. The number of anilines is 1. The molecule has 194 valence electrons. The van der Waals surface area contributed by atoms with Gasteiger partial charge >= 0.3 is 0 Å². The molecule has 1 fully saturated rings. The lowest BCUT2D eigenvalue weighted by molar-refractivity contribution is 0.0791. The monoisotopic (exact) mass is 499 g/mol. The molecule has 7 nitrogen and oxygen atoms in total. The van der Waals surface area contributed by atoms with E-state index in [1.807, 2.05) is 50.3 Å². The number of rotatable bonds is 10. The number of pyridine rings is 1. The Hall–Kier alpha value is -3.58. The Bertz CT molecular complexity index is 1300. The number of nitrogens with zero attached hydrogens (tertiary/aromatic N) is 5. The SMILES string of the molecule is C=C(C)/C=C(\C)N(Cc1nc(N(C)CC2CCOC2)c2ccccc2n1)C(=O)c1cccnc1CCC. The van der Waals surface area contributed by atoms with E-state index in [1.165, 1.54) is 0 Å². The van der Waals surface area contributed by atoms with Crippen molar-refractivity contribution in [1.82, 2.24) is 19.9 Å². The second-order valence-electron chi connectivity index (χ2n) is 9.86. The van der Waals surface area contributed by atoms with Crippen LogP contribution in [-0.2, 0) is 17.7 Å². The van der Waals surface area contributed by atoms with E-state index in [2.05, 4.69) is 36.5 Å². The average Bonchev–Trinajstić information content (AvgIpc) is 3.39. The van der Waals surface area contributed by atoms with Crippen molar-refractivity contribution in [2.75, 3.05) is 31.7 Å². The highest BCUT2D eigenvalue weighted by atomic mass is 16.5. The second kappa shape index (κ2) is 12.1. The van der Waals surface area contributed by atoms with Crippen LogP contribution in [0.1, 0.15) is 55.5 Å². The molecule has 0 radical (unpaired) electrons. The summed E-state index contributed by atoms with van der Waals surface area (Å²) in [6.07, 6.45) is 6.37. The molecule has 0 saturated carbocycles. The van der Waals surface area contributed by atoms with E-state index < -0.39 is 0 Å². The van der Waals surface area contributed by atoms with Crippen LogP contribution in [0.2, 0.25) is 0 Å². The first kappa shape index (κ1) is 26.5. The molecule has 1 aliphatic rings. The van der Waals surface area contributed by atoms with Crippen LogP contribution in [0.15, 0.2) is 66.5 Å². The maximum absolute atomic E-state index is 13.9. The maximum Gasteiger partial charge on any atom is 0.260 e. The summed E-state index contributed by atoms with van der Waals surface area (Å²) >= 11 is 0. The standard InChI is InChI=1S/C30H37N5O2/c1-6-10-26-25(12-9-15-31-26)30(36)35(22(4)17-21(2)3)19-28-32-27-13-8-7-11-24(27)29(33-28)34(5)18-23-14-16-37-20-23/h7-9,11-13,15,17,23H,2,6,10,14,16,18-20H2,1,3-5H3/b22-17+. The van der Waals surface area contributed by atoms with E-state index in [4.69, 9.17) is 14.7 Å². The van der Waals surface area contributed by atoms with E-state index >= 15 is 0 Å². The van der Waals surface area contributed by atoms with Crippen molar-refractivity contribution >= 4 is 22.6 Å². The largest absolute Gasteiger partial charge is 0.381 e. The molecule has 0 aliphatic carbocycles. The van der Waals surface area contributed by atoms with Crippen molar-refractivity contribution in [3.8, 4) is 0 Å².